The average Bonchev–Trinajstić information content (AvgIpc) is 2.87. The minimum Gasteiger partial charge on any atom is -0.419 e. The van der Waals surface area contributed by atoms with Gasteiger partial charge in [-0.05, 0) is 30.8 Å². The number of aliphatic hydroxyl groups excluding tert-OH is 1. The van der Waals surface area contributed by atoms with Crippen LogP contribution in [-0.4, -0.2) is 39.9 Å². The van der Waals surface area contributed by atoms with E-state index < -0.39 is 0 Å². The third-order valence-corrected chi connectivity index (χ3v) is 3.31. The fourth-order valence-corrected chi connectivity index (χ4v) is 1.97. The van der Waals surface area contributed by atoms with Crippen molar-refractivity contribution >= 4 is 15.9 Å². The van der Waals surface area contributed by atoms with Crippen molar-refractivity contribution in [3.8, 4) is 11.5 Å². The van der Waals surface area contributed by atoms with Crippen LogP contribution in [0.2, 0.25) is 0 Å². The van der Waals surface area contributed by atoms with Crippen LogP contribution in [0.15, 0.2) is 33.2 Å². The van der Waals surface area contributed by atoms with Gasteiger partial charge < -0.3 is 9.52 Å². The predicted octanol–water partition coefficient (Wildman–Crippen LogP) is 2.31. The number of hydrogen-bond acceptors (Lipinski definition) is 5. The number of rotatable bonds is 6. The van der Waals surface area contributed by atoms with Crippen LogP contribution in [0.1, 0.15) is 12.8 Å². The van der Waals surface area contributed by atoms with Crippen molar-refractivity contribution in [2.24, 2.45) is 0 Å². The van der Waals surface area contributed by atoms with E-state index in [-0.39, 0.29) is 6.61 Å². The van der Waals surface area contributed by atoms with Gasteiger partial charge in [0.15, 0.2) is 0 Å². The molecule has 0 spiro atoms. The highest BCUT2D eigenvalue weighted by Gasteiger charge is 2.11. The molecule has 2 rings (SSSR count). The zero-order chi connectivity index (χ0) is 13.7. The predicted molar refractivity (Wildman–Crippen MR) is 75.5 cm³/mol. The molecule has 0 bridgehead atoms. The Balaban J connectivity index is 2.08. The quantitative estimate of drug-likeness (QED) is 0.883. The van der Waals surface area contributed by atoms with Gasteiger partial charge in [-0.1, -0.05) is 22.9 Å². The highest BCUT2D eigenvalue weighted by atomic mass is 79.9. The van der Waals surface area contributed by atoms with Crippen molar-refractivity contribution in [2.75, 3.05) is 19.7 Å². The Kier molecular flexibility index (Phi) is 5.07. The molecule has 0 aliphatic carbocycles. The molecule has 6 heteroatoms. The molecular weight excluding hydrogens is 310 g/mol. The van der Waals surface area contributed by atoms with E-state index in [0.717, 1.165) is 16.6 Å². The number of aliphatic hydroxyl groups is 1. The first kappa shape index (κ1) is 14.2. The molecule has 0 amide bonds. The highest BCUT2D eigenvalue weighted by Crippen LogP contribution is 2.20. The fraction of sp³-hybridized carbons (Fsp3) is 0.385. The van der Waals surface area contributed by atoms with Gasteiger partial charge in [0.25, 0.3) is 0 Å². The summed E-state index contributed by atoms with van der Waals surface area (Å²) < 4.78 is 6.64. The van der Waals surface area contributed by atoms with E-state index >= 15 is 0 Å². The molecule has 5 nitrogen and oxygen atoms in total. The van der Waals surface area contributed by atoms with Gasteiger partial charge in [-0.15, -0.1) is 10.2 Å². The summed E-state index contributed by atoms with van der Waals surface area (Å²) in [6, 6.07) is 7.71. The van der Waals surface area contributed by atoms with Crippen molar-refractivity contribution < 1.29 is 9.52 Å². The minimum absolute atomic E-state index is 0.127. The molecule has 0 atom stereocenters. The SMILES string of the molecule is CCN(CCO)Cc1nnc(-c2ccc(Br)cc2)o1. The lowest BCUT2D eigenvalue weighted by Crippen LogP contribution is -2.26. The van der Waals surface area contributed by atoms with Gasteiger partial charge in [-0.25, -0.2) is 0 Å². The summed E-state index contributed by atoms with van der Waals surface area (Å²) in [5.41, 5.74) is 0.896. The molecule has 1 aromatic carbocycles. The van der Waals surface area contributed by atoms with Crippen LogP contribution in [0, 0.1) is 0 Å². The Morgan fingerprint density at radius 1 is 1.26 bits per heavy atom. The van der Waals surface area contributed by atoms with Gasteiger partial charge in [-0.3, -0.25) is 4.90 Å². The molecule has 19 heavy (non-hydrogen) atoms. The Labute approximate surface area is 120 Å². The smallest absolute Gasteiger partial charge is 0.247 e. The summed E-state index contributed by atoms with van der Waals surface area (Å²) >= 11 is 3.39. The molecule has 1 N–H and O–H groups in total. The molecule has 1 aromatic heterocycles. The summed E-state index contributed by atoms with van der Waals surface area (Å²) in [6.45, 7) is 4.15. The minimum atomic E-state index is 0.127. The molecular formula is C13H16BrN3O2. The van der Waals surface area contributed by atoms with E-state index in [1.54, 1.807) is 0 Å². The number of nitrogens with zero attached hydrogens (tertiary/aromatic N) is 3. The molecule has 0 aliphatic heterocycles. The summed E-state index contributed by atoms with van der Waals surface area (Å²) in [5, 5.41) is 17.0. The van der Waals surface area contributed by atoms with Crippen LogP contribution in [0.3, 0.4) is 0 Å². The van der Waals surface area contributed by atoms with E-state index in [1.165, 1.54) is 0 Å². The standard InChI is InChI=1S/C13H16BrN3O2/c1-2-17(7-8-18)9-12-15-16-13(19-12)10-3-5-11(14)6-4-10/h3-6,18H,2,7-9H2,1H3. The number of likely N-dealkylation sites (N-methyl/N-ethyl adjacent to an activating group) is 1. The van der Waals surface area contributed by atoms with Crippen molar-refractivity contribution in [3.05, 3.63) is 34.6 Å². The first-order valence-electron chi connectivity index (χ1n) is 6.14. The third kappa shape index (κ3) is 3.86. The Morgan fingerprint density at radius 3 is 2.63 bits per heavy atom. The van der Waals surface area contributed by atoms with Crippen molar-refractivity contribution in [2.45, 2.75) is 13.5 Å². The van der Waals surface area contributed by atoms with Crippen LogP contribution in [-0.2, 0) is 6.54 Å². The Hall–Kier alpha value is -1.24. The Bertz CT molecular complexity index is 513. The van der Waals surface area contributed by atoms with Crippen molar-refractivity contribution in [1.29, 1.82) is 0 Å². The van der Waals surface area contributed by atoms with Crippen LogP contribution >= 0.6 is 15.9 Å². The first-order valence-corrected chi connectivity index (χ1v) is 6.93. The highest BCUT2D eigenvalue weighted by molar-refractivity contribution is 9.10. The van der Waals surface area contributed by atoms with Gasteiger partial charge in [0.05, 0.1) is 13.2 Å². The van der Waals surface area contributed by atoms with Gasteiger partial charge in [0.1, 0.15) is 0 Å². The molecule has 0 unspecified atom stereocenters. The zero-order valence-corrected chi connectivity index (χ0v) is 12.3. The van der Waals surface area contributed by atoms with Crippen LogP contribution in [0.25, 0.3) is 11.5 Å². The van der Waals surface area contributed by atoms with Gasteiger partial charge in [-0.2, -0.15) is 0 Å². The Morgan fingerprint density at radius 2 is 2.00 bits per heavy atom. The lowest BCUT2D eigenvalue weighted by molar-refractivity contribution is 0.185. The third-order valence-electron chi connectivity index (χ3n) is 2.78. The molecule has 0 radical (unpaired) electrons. The zero-order valence-electron chi connectivity index (χ0n) is 10.7. The topological polar surface area (TPSA) is 62.4 Å². The number of hydrogen-bond donors (Lipinski definition) is 1. The summed E-state index contributed by atoms with van der Waals surface area (Å²) in [4.78, 5) is 2.04. The van der Waals surface area contributed by atoms with Gasteiger partial charge in [0.2, 0.25) is 11.8 Å². The van der Waals surface area contributed by atoms with E-state index in [9.17, 15) is 0 Å². The lowest BCUT2D eigenvalue weighted by Gasteiger charge is -2.15. The van der Waals surface area contributed by atoms with Crippen LogP contribution < -0.4 is 0 Å². The number of benzene rings is 1. The second-order valence-electron chi connectivity index (χ2n) is 4.10. The summed E-state index contributed by atoms with van der Waals surface area (Å²) in [7, 11) is 0. The number of aromatic nitrogens is 2. The largest absolute Gasteiger partial charge is 0.419 e. The maximum Gasteiger partial charge on any atom is 0.247 e. The van der Waals surface area contributed by atoms with Crippen LogP contribution in [0.4, 0.5) is 0 Å². The van der Waals surface area contributed by atoms with E-state index in [0.29, 0.717) is 24.9 Å². The monoisotopic (exact) mass is 325 g/mol. The van der Waals surface area contributed by atoms with E-state index in [2.05, 4.69) is 26.1 Å². The molecule has 0 fully saturated rings. The van der Waals surface area contributed by atoms with E-state index in [1.807, 2.05) is 36.1 Å². The van der Waals surface area contributed by atoms with E-state index in [4.69, 9.17) is 9.52 Å². The maximum atomic E-state index is 8.94. The maximum absolute atomic E-state index is 8.94. The first-order chi connectivity index (χ1) is 9.22. The molecule has 2 aromatic rings. The summed E-state index contributed by atoms with van der Waals surface area (Å²) in [6.07, 6.45) is 0. The number of halogens is 1. The molecule has 102 valence electrons. The van der Waals surface area contributed by atoms with Crippen molar-refractivity contribution in [1.82, 2.24) is 15.1 Å². The molecule has 0 saturated heterocycles. The summed E-state index contributed by atoms with van der Waals surface area (Å²) in [5.74, 6) is 1.08. The molecule has 1 heterocycles. The molecule has 0 saturated carbocycles. The fourth-order valence-electron chi connectivity index (χ4n) is 1.71. The van der Waals surface area contributed by atoms with Crippen molar-refractivity contribution in [3.63, 3.8) is 0 Å². The lowest BCUT2D eigenvalue weighted by atomic mass is 10.2. The second-order valence-corrected chi connectivity index (χ2v) is 5.02. The average molecular weight is 326 g/mol. The van der Waals surface area contributed by atoms with Gasteiger partial charge in [0, 0.05) is 16.6 Å². The second kappa shape index (κ2) is 6.79. The van der Waals surface area contributed by atoms with Crippen LogP contribution in [0.5, 0.6) is 0 Å². The van der Waals surface area contributed by atoms with Gasteiger partial charge >= 0.3 is 0 Å². The molecule has 0 aliphatic rings. The normalized spacial score (nSPS) is 11.2.